The second-order valence-corrected chi connectivity index (χ2v) is 8.62. The van der Waals surface area contributed by atoms with Crippen molar-refractivity contribution < 1.29 is 9.59 Å². The molecule has 0 radical (unpaired) electrons. The van der Waals surface area contributed by atoms with Gasteiger partial charge in [-0.2, -0.15) is 0 Å². The quantitative estimate of drug-likeness (QED) is 0.425. The molecule has 2 heterocycles. The summed E-state index contributed by atoms with van der Waals surface area (Å²) in [5.41, 5.74) is 5.95. The highest BCUT2D eigenvalue weighted by Crippen LogP contribution is 2.36. The largest absolute Gasteiger partial charge is 0.284 e. The number of imide groups is 1. The summed E-state index contributed by atoms with van der Waals surface area (Å²) in [6.45, 7) is 5.67. The molecule has 1 saturated heterocycles. The van der Waals surface area contributed by atoms with Gasteiger partial charge in [0.2, 0.25) is 0 Å². The van der Waals surface area contributed by atoms with Crippen molar-refractivity contribution in [3.8, 4) is 0 Å². The van der Waals surface area contributed by atoms with Crippen LogP contribution in [-0.2, 0) is 0 Å². The third-order valence-electron chi connectivity index (χ3n) is 6.78. The molecule has 0 bridgehead atoms. The van der Waals surface area contributed by atoms with Crippen molar-refractivity contribution in [3.05, 3.63) is 118 Å². The number of carbonyl (C=O) groups is 2. The maximum absolute atomic E-state index is 12.9. The fourth-order valence-corrected chi connectivity index (χ4v) is 4.81. The predicted octanol–water partition coefficient (Wildman–Crippen LogP) is 5.09. The zero-order valence-electron chi connectivity index (χ0n) is 18.4. The number of likely N-dealkylation sites (tertiary alicyclic amines) is 1. The molecule has 3 aromatic carbocycles. The van der Waals surface area contributed by atoms with E-state index in [4.69, 9.17) is 0 Å². The lowest BCUT2D eigenvalue weighted by molar-refractivity contribution is 0.0615. The normalized spacial score (nSPS) is 16.8. The van der Waals surface area contributed by atoms with Crippen LogP contribution in [0.25, 0.3) is 0 Å². The molecular formula is C28H26N2O2. The number of carbonyl (C=O) groups excluding carboxylic acids is 2. The fraction of sp³-hybridized carbons (Fsp3) is 0.214. The van der Waals surface area contributed by atoms with Gasteiger partial charge in [0.25, 0.3) is 11.8 Å². The summed E-state index contributed by atoms with van der Waals surface area (Å²) in [5, 5.41) is 0. The minimum atomic E-state index is -0.258. The van der Waals surface area contributed by atoms with E-state index in [0.29, 0.717) is 11.1 Å². The van der Waals surface area contributed by atoms with Gasteiger partial charge in [-0.3, -0.25) is 19.4 Å². The minimum Gasteiger partial charge on any atom is -0.284 e. The number of amides is 2. The van der Waals surface area contributed by atoms with Gasteiger partial charge in [0.15, 0.2) is 0 Å². The van der Waals surface area contributed by atoms with E-state index < -0.39 is 0 Å². The van der Waals surface area contributed by atoms with E-state index in [-0.39, 0.29) is 23.9 Å². The Morgan fingerprint density at radius 3 is 1.62 bits per heavy atom. The Balaban J connectivity index is 1.38. The standard InChI is InChI=1S/C28H26N2O2/c1-19(20(2)30-27(31)24-15-9-10-16-25(24)28(30)32)23-17-29(18-23)26(21-11-5-3-6-12-21)22-13-7-4-8-14-22/h3-16,20,26H,17-18H2,1-2H3/t20-/m0/s1. The van der Waals surface area contributed by atoms with Gasteiger partial charge in [-0.05, 0) is 48.3 Å². The van der Waals surface area contributed by atoms with E-state index in [1.165, 1.54) is 21.6 Å². The van der Waals surface area contributed by atoms with Crippen LogP contribution >= 0.6 is 0 Å². The zero-order chi connectivity index (χ0) is 22.2. The van der Waals surface area contributed by atoms with Crippen LogP contribution in [0.2, 0.25) is 0 Å². The van der Waals surface area contributed by atoms with Crippen LogP contribution in [0.15, 0.2) is 96.1 Å². The van der Waals surface area contributed by atoms with Crippen molar-refractivity contribution >= 4 is 11.8 Å². The van der Waals surface area contributed by atoms with Crippen LogP contribution in [-0.4, -0.2) is 40.7 Å². The lowest BCUT2D eigenvalue weighted by Gasteiger charge is -2.43. The van der Waals surface area contributed by atoms with Crippen molar-refractivity contribution in [1.29, 1.82) is 0 Å². The molecule has 0 saturated carbocycles. The van der Waals surface area contributed by atoms with Crippen LogP contribution in [0.5, 0.6) is 0 Å². The van der Waals surface area contributed by atoms with E-state index in [9.17, 15) is 9.59 Å². The summed E-state index contributed by atoms with van der Waals surface area (Å²) in [5.74, 6) is -0.388. The van der Waals surface area contributed by atoms with Crippen LogP contribution in [0, 0.1) is 0 Å². The molecule has 1 fully saturated rings. The van der Waals surface area contributed by atoms with Crippen LogP contribution in [0.3, 0.4) is 0 Å². The lowest BCUT2D eigenvalue weighted by atomic mass is 9.90. The molecule has 0 aliphatic carbocycles. The van der Waals surface area contributed by atoms with Crippen molar-refractivity contribution in [2.75, 3.05) is 13.1 Å². The number of rotatable bonds is 5. The smallest absolute Gasteiger partial charge is 0.262 e. The summed E-state index contributed by atoms with van der Waals surface area (Å²) in [7, 11) is 0. The van der Waals surface area contributed by atoms with Gasteiger partial charge >= 0.3 is 0 Å². The number of fused-ring (bicyclic) bond motifs is 1. The molecular weight excluding hydrogens is 396 g/mol. The molecule has 4 heteroatoms. The summed E-state index contributed by atoms with van der Waals surface area (Å²) in [6.07, 6.45) is 0. The first kappa shape index (κ1) is 20.4. The lowest BCUT2D eigenvalue weighted by Crippen LogP contribution is -2.46. The predicted molar refractivity (Wildman–Crippen MR) is 125 cm³/mol. The molecule has 0 aromatic heterocycles. The average Bonchev–Trinajstić information content (AvgIpc) is 3.06. The van der Waals surface area contributed by atoms with Gasteiger partial charge in [-0.25, -0.2) is 0 Å². The van der Waals surface area contributed by atoms with Crippen LogP contribution in [0.4, 0.5) is 0 Å². The third kappa shape index (κ3) is 3.37. The van der Waals surface area contributed by atoms with Gasteiger partial charge in [0, 0.05) is 13.1 Å². The van der Waals surface area contributed by atoms with E-state index in [2.05, 4.69) is 60.4 Å². The highest BCUT2D eigenvalue weighted by molar-refractivity contribution is 6.21. The molecule has 2 aliphatic heterocycles. The fourth-order valence-electron chi connectivity index (χ4n) is 4.81. The first-order valence-electron chi connectivity index (χ1n) is 11.1. The monoisotopic (exact) mass is 422 g/mol. The number of hydrogen-bond donors (Lipinski definition) is 0. The number of hydrogen-bond acceptors (Lipinski definition) is 3. The first-order chi connectivity index (χ1) is 15.6. The molecule has 3 aromatic rings. The van der Waals surface area contributed by atoms with E-state index in [1.807, 2.05) is 19.1 Å². The molecule has 2 aliphatic rings. The van der Waals surface area contributed by atoms with E-state index in [0.717, 1.165) is 18.7 Å². The topological polar surface area (TPSA) is 40.6 Å². The molecule has 0 spiro atoms. The Labute approximate surface area is 188 Å². The number of benzene rings is 3. The van der Waals surface area contributed by atoms with Gasteiger partial charge in [-0.15, -0.1) is 0 Å². The zero-order valence-corrected chi connectivity index (χ0v) is 18.4. The molecule has 0 N–H and O–H groups in total. The Bertz CT molecular complexity index is 1120. The van der Waals surface area contributed by atoms with Gasteiger partial charge in [0.05, 0.1) is 23.2 Å². The van der Waals surface area contributed by atoms with Crippen LogP contribution < -0.4 is 0 Å². The van der Waals surface area contributed by atoms with E-state index >= 15 is 0 Å². The van der Waals surface area contributed by atoms with Crippen molar-refractivity contribution in [3.63, 3.8) is 0 Å². The van der Waals surface area contributed by atoms with Gasteiger partial charge in [-0.1, -0.05) is 72.8 Å². The minimum absolute atomic E-state index is 0.184. The molecule has 5 rings (SSSR count). The number of nitrogens with zero attached hydrogens (tertiary/aromatic N) is 2. The molecule has 0 unspecified atom stereocenters. The second-order valence-electron chi connectivity index (χ2n) is 8.62. The molecule has 160 valence electrons. The SMILES string of the molecule is CC(=C1CN(C(c2ccccc2)c2ccccc2)C1)[C@H](C)N1C(=O)c2ccccc2C1=O. The molecule has 32 heavy (non-hydrogen) atoms. The second kappa shape index (κ2) is 8.21. The summed E-state index contributed by atoms with van der Waals surface area (Å²) < 4.78 is 0. The highest BCUT2D eigenvalue weighted by atomic mass is 16.2. The molecule has 2 amide bonds. The maximum atomic E-state index is 12.9. The van der Waals surface area contributed by atoms with Crippen molar-refractivity contribution in [1.82, 2.24) is 9.80 Å². The van der Waals surface area contributed by atoms with Crippen molar-refractivity contribution in [2.24, 2.45) is 0 Å². The summed E-state index contributed by atoms with van der Waals surface area (Å²) in [6, 6.07) is 28.1. The van der Waals surface area contributed by atoms with Crippen LogP contribution in [0.1, 0.15) is 51.7 Å². The van der Waals surface area contributed by atoms with Gasteiger partial charge in [0.1, 0.15) is 0 Å². The Morgan fingerprint density at radius 1 is 0.719 bits per heavy atom. The molecule has 1 atom stereocenters. The summed E-state index contributed by atoms with van der Waals surface area (Å²) in [4.78, 5) is 29.7. The van der Waals surface area contributed by atoms with E-state index in [1.54, 1.807) is 24.3 Å². The third-order valence-corrected chi connectivity index (χ3v) is 6.78. The summed E-state index contributed by atoms with van der Waals surface area (Å²) >= 11 is 0. The molecule has 4 nitrogen and oxygen atoms in total. The Hall–Kier alpha value is -3.50. The highest BCUT2D eigenvalue weighted by Gasteiger charge is 2.40. The average molecular weight is 423 g/mol. The first-order valence-corrected chi connectivity index (χ1v) is 11.1. The maximum Gasteiger partial charge on any atom is 0.262 e. The van der Waals surface area contributed by atoms with Gasteiger partial charge < -0.3 is 0 Å². The Morgan fingerprint density at radius 2 is 1.16 bits per heavy atom. The Kier molecular flexibility index (Phi) is 5.24. The van der Waals surface area contributed by atoms with Crippen molar-refractivity contribution in [2.45, 2.75) is 25.9 Å².